The molecule has 2 aromatic heterocycles. The second-order valence-electron chi connectivity index (χ2n) is 4.23. The Hall–Kier alpha value is -2.60. The molecule has 7 heteroatoms. The van der Waals surface area contributed by atoms with Gasteiger partial charge in [0.1, 0.15) is 5.69 Å². The Kier molecular flexibility index (Phi) is 2.80. The topological polar surface area (TPSA) is 111 Å². The third kappa shape index (κ3) is 1.96. The maximum atomic E-state index is 11.9. The number of pyridine rings is 1. The Morgan fingerprint density at radius 2 is 2.00 bits per heavy atom. The van der Waals surface area contributed by atoms with Crippen LogP contribution >= 0.6 is 11.6 Å². The van der Waals surface area contributed by atoms with Crippen LogP contribution in [-0.4, -0.2) is 15.0 Å². The Morgan fingerprint density at radius 3 is 2.75 bits per heavy atom. The van der Waals surface area contributed by atoms with Crippen LogP contribution < -0.4 is 17.0 Å². The van der Waals surface area contributed by atoms with Crippen molar-refractivity contribution in [3.8, 4) is 11.3 Å². The van der Waals surface area contributed by atoms with Crippen LogP contribution in [0.25, 0.3) is 22.2 Å². The molecule has 0 aliphatic rings. The second-order valence-corrected chi connectivity index (χ2v) is 4.67. The summed E-state index contributed by atoms with van der Waals surface area (Å²) >= 11 is 6.01. The quantitative estimate of drug-likeness (QED) is 0.632. The van der Waals surface area contributed by atoms with Crippen molar-refractivity contribution in [1.82, 2.24) is 15.0 Å². The third-order valence-corrected chi connectivity index (χ3v) is 3.18. The molecule has 3 rings (SSSR count). The first-order valence-electron chi connectivity index (χ1n) is 5.76. The summed E-state index contributed by atoms with van der Waals surface area (Å²) in [6.07, 6.45) is 1.51. The molecule has 1 aromatic carbocycles. The molecule has 0 fully saturated rings. The molecule has 3 aromatic rings. The van der Waals surface area contributed by atoms with Gasteiger partial charge >= 0.3 is 0 Å². The standard InChI is InChI=1S/C13H10ClN5O/c14-6-1-2-8-7(5-6)10(11(15)12(20)18-8)9-3-4-17-13(16)19-9/h1-5H,15H2,(H,18,20)(H2,16,17,19). The number of aromatic amines is 1. The first-order valence-corrected chi connectivity index (χ1v) is 6.14. The summed E-state index contributed by atoms with van der Waals surface area (Å²) in [5, 5.41) is 1.24. The van der Waals surface area contributed by atoms with Gasteiger partial charge in [-0.3, -0.25) is 4.79 Å². The molecule has 6 nitrogen and oxygen atoms in total. The van der Waals surface area contributed by atoms with Crippen molar-refractivity contribution in [1.29, 1.82) is 0 Å². The molecule has 100 valence electrons. The van der Waals surface area contributed by atoms with Crippen LogP contribution in [0.2, 0.25) is 5.02 Å². The van der Waals surface area contributed by atoms with Crippen molar-refractivity contribution in [2.45, 2.75) is 0 Å². The monoisotopic (exact) mass is 287 g/mol. The zero-order valence-corrected chi connectivity index (χ0v) is 11.0. The zero-order valence-electron chi connectivity index (χ0n) is 10.2. The van der Waals surface area contributed by atoms with E-state index in [0.29, 0.717) is 27.2 Å². The number of nitrogen functional groups attached to an aromatic ring is 2. The van der Waals surface area contributed by atoms with E-state index in [1.165, 1.54) is 6.20 Å². The number of aromatic nitrogens is 3. The minimum absolute atomic E-state index is 0.0675. The lowest BCUT2D eigenvalue weighted by Gasteiger charge is -2.09. The van der Waals surface area contributed by atoms with Crippen LogP contribution in [0.15, 0.2) is 35.3 Å². The van der Waals surface area contributed by atoms with Gasteiger partial charge in [0.2, 0.25) is 5.95 Å². The van der Waals surface area contributed by atoms with Crippen LogP contribution in [0.3, 0.4) is 0 Å². The van der Waals surface area contributed by atoms with Crippen LogP contribution in [0.1, 0.15) is 0 Å². The van der Waals surface area contributed by atoms with Crippen molar-refractivity contribution in [3.05, 3.63) is 45.8 Å². The first-order chi connectivity index (χ1) is 9.56. The summed E-state index contributed by atoms with van der Waals surface area (Å²) in [6, 6.07) is 6.76. The van der Waals surface area contributed by atoms with Gasteiger partial charge in [0.05, 0.1) is 5.69 Å². The highest BCUT2D eigenvalue weighted by molar-refractivity contribution is 6.31. The normalized spacial score (nSPS) is 10.8. The molecule has 0 saturated heterocycles. The van der Waals surface area contributed by atoms with Gasteiger partial charge in [-0.1, -0.05) is 11.6 Å². The van der Waals surface area contributed by atoms with Crippen molar-refractivity contribution in [3.63, 3.8) is 0 Å². The average molecular weight is 288 g/mol. The predicted molar refractivity (Wildman–Crippen MR) is 79.4 cm³/mol. The zero-order chi connectivity index (χ0) is 14.3. The molecule has 0 unspecified atom stereocenters. The van der Waals surface area contributed by atoms with E-state index >= 15 is 0 Å². The van der Waals surface area contributed by atoms with E-state index in [4.69, 9.17) is 23.1 Å². The van der Waals surface area contributed by atoms with Crippen molar-refractivity contribution in [2.75, 3.05) is 11.5 Å². The minimum atomic E-state index is -0.382. The largest absolute Gasteiger partial charge is 0.394 e. The molecule has 0 saturated carbocycles. The molecule has 2 heterocycles. The van der Waals surface area contributed by atoms with E-state index in [1.54, 1.807) is 24.3 Å². The van der Waals surface area contributed by atoms with Crippen LogP contribution in [0.4, 0.5) is 11.6 Å². The number of nitrogens with zero attached hydrogens (tertiary/aromatic N) is 2. The van der Waals surface area contributed by atoms with Crippen molar-refractivity contribution >= 4 is 34.1 Å². The third-order valence-electron chi connectivity index (χ3n) is 2.94. The fourth-order valence-electron chi connectivity index (χ4n) is 2.07. The molecule has 5 N–H and O–H groups in total. The summed E-state index contributed by atoms with van der Waals surface area (Å²) in [4.78, 5) is 22.5. The molecule has 0 radical (unpaired) electrons. The number of anilines is 2. The number of benzene rings is 1. The Morgan fingerprint density at radius 1 is 1.20 bits per heavy atom. The summed E-state index contributed by atoms with van der Waals surface area (Å²) in [7, 11) is 0. The number of halogens is 1. The summed E-state index contributed by atoms with van der Waals surface area (Å²) < 4.78 is 0. The number of hydrogen-bond donors (Lipinski definition) is 3. The first kappa shape index (κ1) is 12.4. The van der Waals surface area contributed by atoms with E-state index in [2.05, 4.69) is 15.0 Å². The van der Waals surface area contributed by atoms with E-state index in [-0.39, 0.29) is 17.2 Å². The Bertz CT molecular complexity index is 874. The molecular weight excluding hydrogens is 278 g/mol. The van der Waals surface area contributed by atoms with Gasteiger partial charge in [-0.2, -0.15) is 0 Å². The fourth-order valence-corrected chi connectivity index (χ4v) is 2.24. The van der Waals surface area contributed by atoms with E-state index in [1.807, 2.05) is 0 Å². The Balaban J connectivity index is 2.47. The lowest BCUT2D eigenvalue weighted by molar-refractivity contribution is 1.19. The van der Waals surface area contributed by atoms with E-state index in [0.717, 1.165) is 0 Å². The fraction of sp³-hybridized carbons (Fsp3) is 0. The van der Waals surface area contributed by atoms with Gasteiger partial charge < -0.3 is 16.5 Å². The van der Waals surface area contributed by atoms with Crippen molar-refractivity contribution < 1.29 is 0 Å². The van der Waals surface area contributed by atoms with Crippen LogP contribution in [0, 0.1) is 0 Å². The maximum absolute atomic E-state index is 11.9. The number of H-pyrrole nitrogens is 1. The number of rotatable bonds is 1. The van der Waals surface area contributed by atoms with Gasteiger partial charge in [0.25, 0.3) is 5.56 Å². The van der Waals surface area contributed by atoms with Gasteiger partial charge in [-0.05, 0) is 24.3 Å². The molecule has 0 aliphatic carbocycles. The highest BCUT2D eigenvalue weighted by Crippen LogP contribution is 2.31. The SMILES string of the molecule is Nc1nccc(-c2c(N)c(=O)[nH]c3ccc(Cl)cc23)n1. The molecule has 0 spiro atoms. The van der Waals surface area contributed by atoms with Crippen molar-refractivity contribution in [2.24, 2.45) is 0 Å². The molecule has 20 heavy (non-hydrogen) atoms. The summed E-state index contributed by atoms with van der Waals surface area (Å²) in [5.41, 5.74) is 12.8. The molecule has 0 bridgehead atoms. The second kappa shape index (κ2) is 4.50. The van der Waals surface area contributed by atoms with E-state index < -0.39 is 0 Å². The Labute approximate surface area is 118 Å². The predicted octanol–water partition coefficient (Wildman–Crippen LogP) is 1.80. The molecule has 0 amide bonds. The number of fused-ring (bicyclic) bond motifs is 1. The van der Waals surface area contributed by atoms with Crippen LogP contribution in [-0.2, 0) is 0 Å². The van der Waals surface area contributed by atoms with Gasteiger partial charge in [-0.15, -0.1) is 0 Å². The summed E-state index contributed by atoms with van der Waals surface area (Å²) in [6.45, 7) is 0. The smallest absolute Gasteiger partial charge is 0.272 e. The highest BCUT2D eigenvalue weighted by Gasteiger charge is 2.14. The molecule has 0 atom stereocenters. The van der Waals surface area contributed by atoms with Gasteiger partial charge in [0.15, 0.2) is 0 Å². The number of nitrogens with one attached hydrogen (secondary N) is 1. The lowest BCUT2D eigenvalue weighted by atomic mass is 10.0. The van der Waals surface area contributed by atoms with Gasteiger partial charge in [0, 0.05) is 27.7 Å². The average Bonchev–Trinajstić information content (AvgIpc) is 2.41. The number of hydrogen-bond acceptors (Lipinski definition) is 5. The number of nitrogens with two attached hydrogens (primary N) is 2. The highest BCUT2D eigenvalue weighted by atomic mass is 35.5. The van der Waals surface area contributed by atoms with E-state index in [9.17, 15) is 4.79 Å². The van der Waals surface area contributed by atoms with Crippen LogP contribution in [0.5, 0.6) is 0 Å². The minimum Gasteiger partial charge on any atom is -0.394 e. The molecular formula is C13H10ClN5O. The van der Waals surface area contributed by atoms with Gasteiger partial charge in [-0.25, -0.2) is 9.97 Å². The summed E-state index contributed by atoms with van der Waals surface area (Å²) in [5.74, 6) is 0.109. The molecule has 0 aliphatic heterocycles. The maximum Gasteiger partial charge on any atom is 0.272 e. The lowest BCUT2D eigenvalue weighted by Crippen LogP contribution is -2.14.